The van der Waals surface area contributed by atoms with Crippen molar-refractivity contribution < 1.29 is 9.90 Å². The second-order valence-electron chi connectivity index (χ2n) is 12.0. The van der Waals surface area contributed by atoms with Gasteiger partial charge in [0.2, 0.25) is 0 Å². The van der Waals surface area contributed by atoms with Crippen LogP contribution < -0.4 is 0 Å². The number of carbonyl (C=O) groups excluding carboxylic acids is 1. The summed E-state index contributed by atoms with van der Waals surface area (Å²) in [4.78, 5) is 12.1. The highest BCUT2D eigenvalue weighted by atomic mass is 16.3. The summed E-state index contributed by atoms with van der Waals surface area (Å²) in [5.41, 5.74) is 0.759. The third-order valence-corrected chi connectivity index (χ3v) is 10.8. The predicted molar refractivity (Wildman–Crippen MR) is 120 cm³/mol. The van der Waals surface area contributed by atoms with E-state index in [0.29, 0.717) is 41.1 Å². The van der Waals surface area contributed by atoms with Gasteiger partial charge in [-0.3, -0.25) is 4.79 Å². The standard InChI is InChI=1S/C27H44O2/c1-18(2)24(28)14-9-19(3)21-12-13-22-23-11-10-20-8-6-7-15-26(20,5)27(23,29)17-16-25(21,22)4/h19-23,29H,1,6-17H2,2-5H3/t19-,20?,21-,22+,23+,25-,26+,27-/m1/s1. The molecule has 4 saturated carbocycles. The molecule has 0 amide bonds. The monoisotopic (exact) mass is 400 g/mol. The molecule has 4 rings (SSSR count). The van der Waals surface area contributed by atoms with Gasteiger partial charge in [-0.2, -0.15) is 0 Å². The molecular formula is C27H44O2. The average molecular weight is 401 g/mol. The molecule has 0 heterocycles. The lowest BCUT2D eigenvalue weighted by molar-refractivity contribution is -0.235. The van der Waals surface area contributed by atoms with Gasteiger partial charge in [0.25, 0.3) is 0 Å². The van der Waals surface area contributed by atoms with Crippen molar-refractivity contribution in [2.45, 2.75) is 110 Å². The number of fused-ring (bicyclic) bond motifs is 5. The van der Waals surface area contributed by atoms with Crippen LogP contribution in [0.2, 0.25) is 0 Å². The summed E-state index contributed by atoms with van der Waals surface area (Å²) < 4.78 is 0. The van der Waals surface area contributed by atoms with Crippen molar-refractivity contribution in [3.63, 3.8) is 0 Å². The van der Waals surface area contributed by atoms with Crippen LogP contribution in [0.15, 0.2) is 12.2 Å². The van der Waals surface area contributed by atoms with Crippen molar-refractivity contribution in [1.82, 2.24) is 0 Å². The maximum absolute atomic E-state index is 12.2. The van der Waals surface area contributed by atoms with E-state index in [1.807, 2.05) is 6.92 Å². The van der Waals surface area contributed by atoms with Gasteiger partial charge in [-0.05, 0) is 111 Å². The van der Waals surface area contributed by atoms with Crippen molar-refractivity contribution in [3.05, 3.63) is 12.2 Å². The summed E-state index contributed by atoms with van der Waals surface area (Å²) in [7, 11) is 0. The fourth-order valence-electron chi connectivity index (χ4n) is 8.98. The molecule has 0 aliphatic heterocycles. The Kier molecular flexibility index (Phi) is 5.59. The molecule has 0 aromatic rings. The minimum absolute atomic E-state index is 0.146. The minimum atomic E-state index is -0.436. The Bertz CT molecular complexity index is 667. The summed E-state index contributed by atoms with van der Waals surface area (Å²) in [5.74, 6) is 3.43. The van der Waals surface area contributed by atoms with Gasteiger partial charge < -0.3 is 5.11 Å². The van der Waals surface area contributed by atoms with Crippen molar-refractivity contribution in [3.8, 4) is 0 Å². The molecular weight excluding hydrogens is 356 g/mol. The first kappa shape index (κ1) is 21.6. The van der Waals surface area contributed by atoms with E-state index in [4.69, 9.17) is 0 Å². The molecule has 0 aromatic carbocycles. The van der Waals surface area contributed by atoms with Gasteiger partial charge in [-0.1, -0.05) is 40.2 Å². The van der Waals surface area contributed by atoms with Gasteiger partial charge in [-0.15, -0.1) is 0 Å². The van der Waals surface area contributed by atoms with Gasteiger partial charge in [0.05, 0.1) is 5.60 Å². The molecule has 4 aliphatic carbocycles. The first-order chi connectivity index (χ1) is 13.6. The largest absolute Gasteiger partial charge is 0.389 e. The Labute approximate surface area is 178 Å². The third kappa shape index (κ3) is 3.19. The van der Waals surface area contributed by atoms with E-state index in [1.54, 1.807) is 0 Å². The second kappa shape index (κ2) is 7.50. The van der Waals surface area contributed by atoms with E-state index in [0.717, 1.165) is 18.8 Å². The number of rotatable bonds is 5. The van der Waals surface area contributed by atoms with Gasteiger partial charge in [0.15, 0.2) is 5.78 Å². The van der Waals surface area contributed by atoms with Gasteiger partial charge in [0, 0.05) is 6.42 Å². The highest BCUT2D eigenvalue weighted by Gasteiger charge is 2.66. The maximum atomic E-state index is 12.2. The van der Waals surface area contributed by atoms with Crippen LogP contribution in [0.1, 0.15) is 105 Å². The fraction of sp³-hybridized carbons (Fsp3) is 0.889. The van der Waals surface area contributed by atoms with E-state index < -0.39 is 5.60 Å². The Morgan fingerprint density at radius 1 is 1.03 bits per heavy atom. The lowest BCUT2D eigenvalue weighted by Gasteiger charge is -2.65. The number of hydrogen-bond acceptors (Lipinski definition) is 2. The second-order valence-corrected chi connectivity index (χ2v) is 12.0. The van der Waals surface area contributed by atoms with Crippen LogP contribution in [0, 0.1) is 40.4 Å². The number of hydrogen-bond donors (Lipinski definition) is 1. The molecule has 0 aromatic heterocycles. The lowest BCUT2D eigenvalue weighted by Crippen LogP contribution is -2.65. The van der Waals surface area contributed by atoms with Crippen LogP contribution in [-0.4, -0.2) is 16.5 Å². The van der Waals surface area contributed by atoms with Crippen LogP contribution >= 0.6 is 0 Å². The molecule has 2 heteroatoms. The normalized spacial score (nSPS) is 47.6. The van der Waals surface area contributed by atoms with Gasteiger partial charge in [-0.25, -0.2) is 0 Å². The van der Waals surface area contributed by atoms with E-state index in [2.05, 4.69) is 27.4 Å². The lowest BCUT2D eigenvalue weighted by atomic mass is 9.42. The Morgan fingerprint density at radius 2 is 1.76 bits per heavy atom. The van der Waals surface area contributed by atoms with Crippen molar-refractivity contribution in [1.29, 1.82) is 0 Å². The summed E-state index contributed by atoms with van der Waals surface area (Å²) in [5, 5.41) is 12.2. The maximum Gasteiger partial charge on any atom is 0.157 e. The van der Waals surface area contributed by atoms with Gasteiger partial charge >= 0.3 is 0 Å². The number of aliphatic hydroxyl groups is 1. The van der Waals surface area contributed by atoms with Crippen LogP contribution in [-0.2, 0) is 4.79 Å². The molecule has 1 N–H and O–H groups in total. The third-order valence-electron chi connectivity index (χ3n) is 10.8. The highest BCUT2D eigenvalue weighted by molar-refractivity contribution is 5.94. The summed E-state index contributed by atoms with van der Waals surface area (Å²) in [6, 6.07) is 0. The van der Waals surface area contributed by atoms with Crippen LogP contribution in [0.4, 0.5) is 0 Å². The number of carbonyl (C=O) groups is 1. The van der Waals surface area contributed by atoms with E-state index in [1.165, 1.54) is 57.8 Å². The SMILES string of the molecule is C=C(C)C(=O)CC[C@@H](C)[C@H]1CC[C@H]2[C@@H]3CCC4CCCC[C@]4(C)[C@@]3(O)CC[C@]12C. The van der Waals surface area contributed by atoms with Crippen molar-refractivity contribution >= 4 is 5.78 Å². The molecule has 0 saturated heterocycles. The zero-order valence-corrected chi connectivity index (χ0v) is 19.4. The zero-order chi connectivity index (χ0) is 21.0. The smallest absolute Gasteiger partial charge is 0.157 e. The number of Topliss-reactive ketones (excluding diaryl/α,β-unsaturated/α-hetero) is 1. The zero-order valence-electron chi connectivity index (χ0n) is 19.4. The molecule has 4 aliphatic rings. The first-order valence-electron chi connectivity index (χ1n) is 12.5. The molecule has 8 atom stereocenters. The Hall–Kier alpha value is -0.630. The number of allylic oxidation sites excluding steroid dienone is 1. The Morgan fingerprint density at radius 3 is 2.48 bits per heavy atom. The van der Waals surface area contributed by atoms with Crippen molar-refractivity contribution in [2.75, 3.05) is 0 Å². The van der Waals surface area contributed by atoms with Crippen LogP contribution in [0.25, 0.3) is 0 Å². The molecule has 0 radical (unpaired) electrons. The Balaban J connectivity index is 1.52. The highest BCUT2D eigenvalue weighted by Crippen LogP contribution is 2.69. The number of ketones is 1. The minimum Gasteiger partial charge on any atom is -0.389 e. The quantitative estimate of drug-likeness (QED) is 0.521. The topological polar surface area (TPSA) is 37.3 Å². The van der Waals surface area contributed by atoms with Crippen LogP contribution in [0.3, 0.4) is 0 Å². The summed E-state index contributed by atoms with van der Waals surface area (Å²) in [6.45, 7) is 13.0. The molecule has 29 heavy (non-hydrogen) atoms. The first-order valence-corrected chi connectivity index (χ1v) is 12.5. The molecule has 164 valence electrons. The molecule has 1 unspecified atom stereocenters. The summed E-state index contributed by atoms with van der Waals surface area (Å²) >= 11 is 0. The average Bonchev–Trinajstić information content (AvgIpc) is 3.03. The van der Waals surface area contributed by atoms with Crippen LogP contribution in [0.5, 0.6) is 0 Å². The fourth-order valence-corrected chi connectivity index (χ4v) is 8.98. The van der Waals surface area contributed by atoms with E-state index in [9.17, 15) is 9.90 Å². The molecule has 0 spiro atoms. The van der Waals surface area contributed by atoms with E-state index >= 15 is 0 Å². The molecule has 0 bridgehead atoms. The predicted octanol–water partition coefficient (Wildman–Crippen LogP) is 6.71. The molecule has 4 fully saturated rings. The van der Waals surface area contributed by atoms with E-state index in [-0.39, 0.29) is 11.2 Å². The van der Waals surface area contributed by atoms with Crippen molar-refractivity contribution in [2.24, 2.45) is 40.4 Å². The summed E-state index contributed by atoms with van der Waals surface area (Å²) in [6.07, 6.45) is 14.2. The van der Waals surface area contributed by atoms with Gasteiger partial charge in [0.1, 0.15) is 0 Å². The molecule has 2 nitrogen and oxygen atoms in total.